The Bertz CT molecular complexity index is 696. The molecule has 0 atom stereocenters. The summed E-state index contributed by atoms with van der Waals surface area (Å²) in [6.07, 6.45) is 0.707. The number of nitrogens with one attached hydrogen (secondary N) is 2. The molecule has 22 heavy (non-hydrogen) atoms. The number of amides is 1. The molecule has 2 aromatic rings. The van der Waals surface area contributed by atoms with Crippen LogP contribution in [0.1, 0.15) is 20.7 Å². The molecule has 0 spiro atoms. The zero-order valence-corrected chi connectivity index (χ0v) is 11.6. The summed E-state index contributed by atoms with van der Waals surface area (Å²) in [5, 5.41) is 14.0. The number of carbonyl (C=O) groups is 3. The van der Waals surface area contributed by atoms with E-state index in [1.807, 2.05) is 0 Å². The summed E-state index contributed by atoms with van der Waals surface area (Å²) < 4.78 is 0. The van der Waals surface area contributed by atoms with Crippen molar-refractivity contribution >= 4 is 29.5 Å². The van der Waals surface area contributed by atoms with Crippen LogP contribution in [-0.2, 0) is 4.79 Å². The Kier molecular flexibility index (Phi) is 4.87. The Labute approximate surface area is 126 Å². The van der Waals surface area contributed by atoms with E-state index < -0.39 is 5.97 Å². The molecule has 0 aliphatic heterocycles. The molecule has 2 aromatic carbocycles. The van der Waals surface area contributed by atoms with Crippen LogP contribution in [0.25, 0.3) is 0 Å². The van der Waals surface area contributed by atoms with Crippen molar-refractivity contribution in [1.29, 1.82) is 0 Å². The highest BCUT2D eigenvalue weighted by Crippen LogP contribution is 2.13. The molecule has 0 fully saturated rings. The predicted molar refractivity (Wildman–Crippen MR) is 82.4 cm³/mol. The summed E-state index contributed by atoms with van der Waals surface area (Å²) in [5.41, 5.74) is 2.05. The molecule has 0 bridgehead atoms. The van der Waals surface area contributed by atoms with Gasteiger partial charge in [0, 0.05) is 22.5 Å². The van der Waals surface area contributed by atoms with Gasteiger partial charge in [0.15, 0.2) is 0 Å². The molecule has 3 N–H and O–H groups in total. The van der Waals surface area contributed by atoms with E-state index in [4.69, 9.17) is 5.11 Å². The third-order valence-electron chi connectivity index (χ3n) is 2.87. The minimum Gasteiger partial charge on any atom is -0.480 e. The van der Waals surface area contributed by atoms with Gasteiger partial charge < -0.3 is 15.7 Å². The highest BCUT2D eigenvalue weighted by molar-refractivity contribution is 6.04. The SMILES string of the molecule is O=Cc1cccc(NC(=O)c2ccc(NCC(=O)O)cc2)c1. The highest BCUT2D eigenvalue weighted by atomic mass is 16.4. The van der Waals surface area contributed by atoms with Crippen molar-refractivity contribution in [1.82, 2.24) is 0 Å². The number of carboxylic acid groups (broad SMARTS) is 1. The summed E-state index contributed by atoms with van der Waals surface area (Å²) >= 11 is 0. The average Bonchev–Trinajstić information content (AvgIpc) is 2.53. The van der Waals surface area contributed by atoms with E-state index >= 15 is 0 Å². The molecule has 112 valence electrons. The molecule has 0 unspecified atom stereocenters. The van der Waals surface area contributed by atoms with Crippen LogP contribution in [-0.4, -0.2) is 29.8 Å². The van der Waals surface area contributed by atoms with E-state index in [1.54, 1.807) is 48.5 Å². The van der Waals surface area contributed by atoms with E-state index in [0.717, 1.165) is 0 Å². The molecule has 2 rings (SSSR count). The van der Waals surface area contributed by atoms with Gasteiger partial charge in [-0.05, 0) is 36.4 Å². The largest absolute Gasteiger partial charge is 0.480 e. The smallest absolute Gasteiger partial charge is 0.322 e. The monoisotopic (exact) mass is 298 g/mol. The van der Waals surface area contributed by atoms with Gasteiger partial charge in [-0.25, -0.2) is 0 Å². The molecule has 1 amide bonds. The fourth-order valence-electron chi connectivity index (χ4n) is 1.81. The third kappa shape index (κ3) is 4.17. The van der Waals surface area contributed by atoms with Gasteiger partial charge in [0.2, 0.25) is 0 Å². The number of carboxylic acids is 1. The lowest BCUT2D eigenvalue weighted by Gasteiger charge is -2.07. The summed E-state index contributed by atoms with van der Waals surface area (Å²) in [5.74, 6) is -1.27. The molecule has 0 aliphatic rings. The first kappa shape index (κ1) is 15.2. The molecule has 0 saturated heterocycles. The van der Waals surface area contributed by atoms with E-state index in [0.29, 0.717) is 28.8 Å². The first-order chi connectivity index (χ1) is 10.6. The van der Waals surface area contributed by atoms with Crippen molar-refractivity contribution in [2.75, 3.05) is 17.2 Å². The second kappa shape index (κ2) is 7.03. The van der Waals surface area contributed by atoms with Crippen LogP contribution < -0.4 is 10.6 Å². The van der Waals surface area contributed by atoms with Crippen molar-refractivity contribution in [3.05, 3.63) is 59.7 Å². The molecular weight excluding hydrogens is 284 g/mol. The third-order valence-corrected chi connectivity index (χ3v) is 2.87. The number of carbonyl (C=O) groups excluding carboxylic acids is 2. The molecule has 0 aromatic heterocycles. The molecule has 0 aliphatic carbocycles. The Balaban J connectivity index is 2.03. The molecule has 0 radical (unpaired) electrons. The van der Waals surface area contributed by atoms with Crippen LogP contribution in [0.4, 0.5) is 11.4 Å². The molecule has 0 heterocycles. The fourth-order valence-corrected chi connectivity index (χ4v) is 1.81. The van der Waals surface area contributed by atoms with E-state index in [-0.39, 0.29) is 12.5 Å². The van der Waals surface area contributed by atoms with Gasteiger partial charge in [0.25, 0.3) is 5.91 Å². The normalized spacial score (nSPS) is 9.82. The van der Waals surface area contributed by atoms with Crippen LogP contribution in [0.15, 0.2) is 48.5 Å². The van der Waals surface area contributed by atoms with Crippen molar-refractivity contribution in [2.45, 2.75) is 0 Å². The topological polar surface area (TPSA) is 95.5 Å². The van der Waals surface area contributed by atoms with Crippen LogP contribution in [0, 0.1) is 0 Å². The maximum Gasteiger partial charge on any atom is 0.322 e. The van der Waals surface area contributed by atoms with Gasteiger partial charge >= 0.3 is 5.97 Å². The Morgan fingerprint density at radius 2 is 1.77 bits per heavy atom. The Morgan fingerprint density at radius 1 is 1.05 bits per heavy atom. The maximum atomic E-state index is 12.1. The lowest BCUT2D eigenvalue weighted by Crippen LogP contribution is -2.13. The maximum absolute atomic E-state index is 12.1. The molecule has 6 nitrogen and oxygen atoms in total. The summed E-state index contributed by atoms with van der Waals surface area (Å²) in [4.78, 5) is 33.2. The second-order valence-electron chi connectivity index (χ2n) is 4.52. The molecular formula is C16H14N2O4. The van der Waals surface area contributed by atoms with E-state index in [9.17, 15) is 14.4 Å². The van der Waals surface area contributed by atoms with Crippen molar-refractivity contribution in [2.24, 2.45) is 0 Å². The summed E-state index contributed by atoms with van der Waals surface area (Å²) in [6, 6.07) is 13.0. The quantitative estimate of drug-likeness (QED) is 0.711. The zero-order chi connectivity index (χ0) is 15.9. The number of hydrogen-bond acceptors (Lipinski definition) is 4. The van der Waals surface area contributed by atoms with Crippen LogP contribution in [0.3, 0.4) is 0 Å². The van der Waals surface area contributed by atoms with Crippen LogP contribution in [0.5, 0.6) is 0 Å². The molecule has 0 saturated carbocycles. The van der Waals surface area contributed by atoms with Gasteiger partial charge in [-0.3, -0.25) is 14.4 Å². The zero-order valence-electron chi connectivity index (χ0n) is 11.6. The number of aliphatic carboxylic acids is 1. The Morgan fingerprint density at radius 3 is 2.41 bits per heavy atom. The van der Waals surface area contributed by atoms with Crippen LogP contribution in [0.2, 0.25) is 0 Å². The minimum atomic E-state index is -0.961. The van der Waals surface area contributed by atoms with Crippen molar-refractivity contribution in [3.63, 3.8) is 0 Å². The second-order valence-corrected chi connectivity index (χ2v) is 4.52. The summed E-state index contributed by atoms with van der Waals surface area (Å²) in [7, 11) is 0. The van der Waals surface area contributed by atoms with Crippen molar-refractivity contribution in [3.8, 4) is 0 Å². The van der Waals surface area contributed by atoms with Gasteiger partial charge in [0.05, 0.1) is 0 Å². The number of aldehydes is 1. The number of hydrogen-bond donors (Lipinski definition) is 3. The van der Waals surface area contributed by atoms with Crippen molar-refractivity contribution < 1.29 is 19.5 Å². The van der Waals surface area contributed by atoms with Gasteiger partial charge in [-0.15, -0.1) is 0 Å². The van der Waals surface area contributed by atoms with E-state index in [2.05, 4.69) is 10.6 Å². The molecule has 6 heteroatoms. The standard InChI is InChI=1S/C16H14N2O4/c19-10-11-2-1-3-14(8-11)18-16(22)12-4-6-13(7-5-12)17-9-15(20)21/h1-8,10,17H,9H2,(H,18,22)(H,20,21). The first-order valence-corrected chi connectivity index (χ1v) is 6.51. The van der Waals surface area contributed by atoms with Gasteiger partial charge in [-0.1, -0.05) is 12.1 Å². The number of rotatable bonds is 6. The van der Waals surface area contributed by atoms with Crippen LogP contribution >= 0.6 is 0 Å². The average molecular weight is 298 g/mol. The minimum absolute atomic E-state index is 0.190. The fraction of sp³-hybridized carbons (Fsp3) is 0.0625. The lowest BCUT2D eigenvalue weighted by molar-refractivity contribution is -0.134. The summed E-state index contributed by atoms with van der Waals surface area (Å²) in [6.45, 7) is -0.190. The lowest BCUT2D eigenvalue weighted by atomic mass is 10.1. The predicted octanol–water partition coefficient (Wildman–Crippen LogP) is 2.25. The highest BCUT2D eigenvalue weighted by Gasteiger charge is 2.06. The number of benzene rings is 2. The van der Waals surface area contributed by atoms with Gasteiger partial charge in [-0.2, -0.15) is 0 Å². The van der Waals surface area contributed by atoms with E-state index in [1.165, 1.54) is 0 Å². The first-order valence-electron chi connectivity index (χ1n) is 6.51. The Hall–Kier alpha value is -3.15. The number of anilines is 2. The van der Waals surface area contributed by atoms with Gasteiger partial charge in [0.1, 0.15) is 12.8 Å².